The number of halogens is 1. The van der Waals surface area contributed by atoms with Gasteiger partial charge in [0.05, 0.1) is 12.8 Å². The zero-order valence-corrected chi connectivity index (χ0v) is 12.5. The highest BCUT2D eigenvalue weighted by Crippen LogP contribution is 2.29. The first kappa shape index (κ1) is 13.4. The van der Waals surface area contributed by atoms with E-state index in [-0.39, 0.29) is 6.04 Å². The lowest BCUT2D eigenvalue weighted by molar-refractivity contribution is 0.405. The Morgan fingerprint density at radius 1 is 1.50 bits per heavy atom. The van der Waals surface area contributed by atoms with Crippen molar-refractivity contribution in [3.63, 3.8) is 0 Å². The molecular weight excluding hydrogens is 294 g/mol. The van der Waals surface area contributed by atoms with Crippen LogP contribution in [-0.2, 0) is 6.42 Å². The van der Waals surface area contributed by atoms with Crippen LogP contribution in [0.15, 0.2) is 36.0 Å². The van der Waals surface area contributed by atoms with Gasteiger partial charge >= 0.3 is 0 Å². The van der Waals surface area contributed by atoms with Gasteiger partial charge in [-0.05, 0) is 18.2 Å². The molecule has 104 valence electrons. The maximum Gasteiger partial charge on any atom is 0.193 e. The highest BCUT2D eigenvalue weighted by atomic mass is 35.5. The van der Waals surface area contributed by atoms with E-state index in [2.05, 4.69) is 4.98 Å². The molecule has 1 aromatic carbocycles. The zero-order chi connectivity index (χ0) is 14.1. The van der Waals surface area contributed by atoms with Crippen molar-refractivity contribution in [1.82, 2.24) is 9.38 Å². The fourth-order valence-corrected chi connectivity index (χ4v) is 3.10. The number of hydrogen-bond acceptors (Lipinski definition) is 4. The number of thiazole rings is 1. The average Bonchev–Trinajstić information content (AvgIpc) is 2.99. The maximum atomic E-state index is 6.28. The van der Waals surface area contributed by atoms with Gasteiger partial charge in [-0.2, -0.15) is 0 Å². The van der Waals surface area contributed by atoms with E-state index in [0.717, 1.165) is 22.0 Å². The van der Waals surface area contributed by atoms with Crippen molar-refractivity contribution >= 4 is 27.9 Å². The average molecular weight is 308 g/mol. The molecule has 3 rings (SSSR count). The lowest BCUT2D eigenvalue weighted by atomic mass is 10.0. The summed E-state index contributed by atoms with van der Waals surface area (Å²) in [6.45, 7) is 0. The summed E-state index contributed by atoms with van der Waals surface area (Å²) >= 11 is 7.64. The number of benzene rings is 1. The summed E-state index contributed by atoms with van der Waals surface area (Å²) in [5, 5.41) is 2.66. The Kier molecular flexibility index (Phi) is 3.65. The predicted molar refractivity (Wildman–Crippen MR) is 81.7 cm³/mol. The minimum atomic E-state index is -0.201. The van der Waals surface area contributed by atoms with Gasteiger partial charge in [0.15, 0.2) is 4.96 Å². The molecule has 2 aromatic heterocycles. The normalized spacial score (nSPS) is 12.8. The minimum Gasteiger partial charge on any atom is -0.496 e. The predicted octanol–water partition coefficient (Wildman–Crippen LogP) is 3.30. The second-order valence-corrected chi connectivity index (χ2v) is 5.83. The Morgan fingerprint density at radius 3 is 3.10 bits per heavy atom. The van der Waals surface area contributed by atoms with Gasteiger partial charge in [0.25, 0.3) is 0 Å². The summed E-state index contributed by atoms with van der Waals surface area (Å²) in [5.74, 6) is 0.753. The van der Waals surface area contributed by atoms with E-state index in [1.165, 1.54) is 0 Å². The van der Waals surface area contributed by atoms with E-state index in [1.807, 2.05) is 34.3 Å². The standard InChI is InChI=1S/C14H14ClN3OS/c1-19-13-3-2-9(15)6-11(13)12(16)7-10-8-18-4-5-20-14(18)17-10/h2-6,8,12H,7,16H2,1H3. The van der Waals surface area contributed by atoms with E-state index in [4.69, 9.17) is 22.1 Å². The Balaban J connectivity index is 1.87. The summed E-state index contributed by atoms with van der Waals surface area (Å²) in [6, 6.07) is 5.28. The molecule has 1 atom stereocenters. The molecule has 0 fully saturated rings. The first-order chi connectivity index (χ1) is 9.67. The molecule has 20 heavy (non-hydrogen) atoms. The number of methoxy groups -OCH3 is 1. The smallest absolute Gasteiger partial charge is 0.193 e. The number of nitrogens with two attached hydrogens (primary N) is 1. The highest BCUT2D eigenvalue weighted by Gasteiger charge is 2.15. The van der Waals surface area contributed by atoms with Crippen LogP contribution in [0.3, 0.4) is 0 Å². The van der Waals surface area contributed by atoms with Crippen molar-refractivity contribution in [3.8, 4) is 5.75 Å². The Labute approximate surface area is 125 Å². The van der Waals surface area contributed by atoms with Gasteiger partial charge in [0, 0.05) is 40.8 Å². The summed E-state index contributed by atoms with van der Waals surface area (Å²) in [4.78, 5) is 5.52. The molecule has 6 heteroatoms. The highest BCUT2D eigenvalue weighted by molar-refractivity contribution is 7.15. The maximum absolute atomic E-state index is 6.28. The number of fused-ring (bicyclic) bond motifs is 1. The summed E-state index contributed by atoms with van der Waals surface area (Å²) in [6.07, 6.45) is 4.63. The zero-order valence-electron chi connectivity index (χ0n) is 10.9. The molecule has 0 spiro atoms. The number of imidazole rings is 1. The third-order valence-corrected chi connectivity index (χ3v) is 4.17. The molecule has 2 heterocycles. The first-order valence-corrected chi connectivity index (χ1v) is 7.43. The van der Waals surface area contributed by atoms with Crippen LogP contribution in [0, 0.1) is 0 Å². The molecule has 1 unspecified atom stereocenters. The van der Waals surface area contributed by atoms with Crippen LogP contribution in [-0.4, -0.2) is 16.5 Å². The third kappa shape index (κ3) is 2.52. The van der Waals surface area contributed by atoms with E-state index < -0.39 is 0 Å². The van der Waals surface area contributed by atoms with Crippen molar-refractivity contribution in [2.75, 3.05) is 7.11 Å². The quantitative estimate of drug-likeness (QED) is 0.804. The molecule has 2 N–H and O–H groups in total. The molecule has 0 saturated carbocycles. The molecule has 4 nitrogen and oxygen atoms in total. The van der Waals surface area contributed by atoms with Crippen molar-refractivity contribution < 1.29 is 4.74 Å². The molecule has 0 amide bonds. The number of nitrogens with zero attached hydrogens (tertiary/aromatic N) is 2. The number of rotatable bonds is 4. The number of aromatic nitrogens is 2. The molecular formula is C14H14ClN3OS. The van der Waals surface area contributed by atoms with Gasteiger partial charge in [-0.25, -0.2) is 4.98 Å². The van der Waals surface area contributed by atoms with Crippen LogP contribution in [0.5, 0.6) is 5.75 Å². The monoisotopic (exact) mass is 307 g/mol. The largest absolute Gasteiger partial charge is 0.496 e. The van der Waals surface area contributed by atoms with Crippen molar-refractivity contribution in [2.45, 2.75) is 12.5 Å². The van der Waals surface area contributed by atoms with E-state index in [9.17, 15) is 0 Å². The van der Waals surface area contributed by atoms with Gasteiger partial charge in [0.2, 0.25) is 0 Å². The SMILES string of the molecule is COc1ccc(Cl)cc1C(N)Cc1cn2ccsc2n1. The van der Waals surface area contributed by atoms with Crippen molar-refractivity contribution in [2.24, 2.45) is 5.73 Å². The summed E-state index contributed by atoms with van der Waals surface area (Å²) in [7, 11) is 1.63. The van der Waals surface area contributed by atoms with Crippen LogP contribution >= 0.6 is 22.9 Å². The molecule has 0 bridgehead atoms. The Hall–Kier alpha value is -1.56. The topological polar surface area (TPSA) is 52.5 Å². The molecule has 0 aliphatic carbocycles. The van der Waals surface area contributed by atoms with Crippen LogP contribution in [0.1, 0.15) is 17.3 Å². The van der Waals surface area contributed by atoms with E-state index in [1.54, 1.807) is 24.5 Å². The van der Waals surface area contributed by atoms with Gasteiger partial charge in [0.1, 0.15) is 5.75 Å². The second kappa shape index (κ2) is 5.44. The van der Waals surface area contributed by atoms with Crippen molar-refractivity contribution in [1.29, 1.82) is 0 Å². The summed E-state index contributed by atoms with van der Waals surface area (Å²) in [5.41, 5.74) is 8.14. The van der Waals surface area contributed by atoms with Crippen LogP contribution in [0.2, 0.25) is 5.02 Å². The Morgan fingerprint density at radius 2 is 2.35 bits per heavy atom. The molecule has 3 aromatic rings. The van der Waals surface area contributed by atoms with Gasteiger partial charge in [-0.3, -0.25) is 4.40 Å². The number of hydrogen-bond donors (Lipinski definition) is 1. The molecule has 0 aliphatic rings. The fraction of sp³-hybridized carbons (Fsp3) is 0.214. The lowest BCUT2D eigenvalue weighted by Crippen LogP contribution is -2.14. The first-order valence-electron chi connectivity index (χ1n) is 6.17. The van der Waals surface area contributed by atoms with Gasteiger partial charge in [-0.15, -0.1) is 11.3 Å². The van der Waals surface area contributed by atoms with E-state index in [0.29, 0.717) is 11.4 Å². The van der Waals surface area contributed by atoms with Gasteiger partial charge in [-0.1, -0.05) is 11.6 Å². The van der Waals surface area contributed by atoms with E-state index >= 15 is 0 Å². The van der Waals surface area contributed by atoms with Crippen LogP contribution < -0.4 is 10.5 Å². The third-order valence-electron chi connectivity index (χ3n) is 3.16. The minimum absolute atomic E-state index is 0.201. The van der Waals surface area contributed by atoms with Crippen LogP contribution in [0.25, 0.3) is 4.96 Å². The lowest BCUT2D eigenvalue weighted by Gasteiger charge is -2.15. The molecule has 0 aliphatic heterocycles. The summed E-state index contributed by atoms with van der Waals surface area (Å²) < 4.78 is 7.34. The number of ether oxygens (including phenoxy) is 1. The molecule has 0 radical (unpaired) electrons. The van der Waals surface area contributed by atoms with Gasteiger partial charge < -0.3 is 10.5 Å². The second-order valence-electron chi connectivity index (χ2n) is 4.52. The van der Waals surface area contributed by atoms with Crippen molar-refractivity contribution in [3.05, 3.63) is 52.3 Å². The fourth-order valence-electron chi connectivity index (χ4n) is 2.20. The molecule has 0 saturated heterocycles. The Bertz CT molecular complexity index is 708. The van der Waals surface area contributed by atoms with Crippen LogP contribution in [0.4, 0.5) is 0 Å².